The number of thiocarbonyl (C=S) groups is 1. The first-order chi connectivity index (χ1) is 13.4. The standard InChI is InChI=1S/C17H18N4O5S2/c22-21(23)16-4-2-1-3-15(16)19-17(27)18-13-5-7-14(8-6-13)28(24,25)20-9-11-26-12-10-20/h1-8H,9-12H2,(H2,18,19,27). The molecule has 3 rings (SSSR count). The summed E-state index contributed by atoms with van der Waals surface area (Å²) in [5.74, 6) is 0. The van der Waals surface area contributed by atoms with Crippen LogP contribution in [0.5, 0.6) is 0 Å². The lowest BCUT2D eigenvalue weighted by Crippen LogP contribution is -2.40. The number of para-hydroxylation sites is 2. The molecule has 0 unspecified atom stereocenters. The average Bonchev–Trinajstić information content (AvgIpc) is 2.69. The quantitative estimate of drug-likeness (QED) is 0.429. The van der Waals surface area contributed by atoms with E-state index in [1.807, 2.05) is 0 Å². The van der Waals surface area contributed by atoms with Crippen molar-refractivity contribution in [2.75, 3.05) is 36.9 Å². The van der Waals surface area contributed by atoms with E-state index < -0.39 is 14.9 Å². The molecule has 0 atom stereocenters. The SMILES string of the molecule is O=[N+]([O-])c1ccccc1NC(=S)Nc1ccc(S(=O)(=O)N2CCOCC2)cc1. The van der Waals surface area contributed by atoms with Crippen molar-refractivity contribution in [3.05, 3.63) is 58.6 Å². The molecule has 1 heterocycles. The second-order valence-corrected chi connectivity index (χ2v) is 8.24. The molecule has 2 N–H and O–H groups in total. The Morgan fingerprint density at radius 3 is 2.36 bits per heavy atom. The Morgan fingerprint density at radius 1 is 1.07 bits per heavy atom. The Kier molecular flexibility index (Phi) is 6.19. The normalized spacial score (nSPS) is 15.0. The minimum Gasteiger partial charge on any atom is -0.379 e. The number of hydrogen-bond acceptors (Lipinski definition) is 6. The molecule has 0 spiro atoms. The molecule has 0 saturated carbocycles. The predicted octanol–water partition coefficient (Wildman–Crippen LogP) is 2.42. The van der Waals surface area contributed by atoms with E-state index in [0.29, 0.717) is 32.0 Å². The van der Waals surface area contributed by atoms with Crippen LogP contribution in [-0.4, -0.2) is 49.1 Å². The first-order valence-corrected chi connectivity index (χ1v) is 10.2. The van der Waals surface area contributed by atoms with E-state index in [1.165, 1.54) is 22.5 Å². The minimum atomic E-state index is -3.57. The number of ether oxygens (including phenoxy) is 1. The summed E-state index contributed by atoms with van der Waals surface area (Å²) in [4.78, 5) is 10.7. The molecular weight excluding hydrogens is 404 g/mol. The number of nitro benzene ring substituents is 1. The maximum atomic E-state index is 12.6. The molecule has 2 aromatic carbocycles. The smallest absolute Gasteiger partial charge is 0.292 e. The third kappa shape index (κ3) is 4.62. The number of morpholine rings is 1. The van der Waals surface area contributed by atoms with Crippen LogP contribution in [0.1, 0.15) is 0 Å². The molecule has 11 heteroatoms. The number of hydrogen-bond donors (Lipinski definition) is 2. The van der Waals surface area contributed by atoms with Gasteiger partial charge in [0.2, 0.25) is 10.0 Å². The van der Waals surface area contributed by atoms with Crippen LogP contribution in [0, 0.1) is 10.1 Å². The number of rotatable bonds is 5. The molecule has 0 radical (unpaired) electrons. The van der Waals surface area contributed by atoms with Gasteiger partial charge in [0.05, 0.1) is 23.0 Å². The summed E-state index contributed by atoms with van der Waals surface area (Å²) in [7, 11) is -3.57. The van der Waals surface area contributed by atoms with Crippen molar-refractivity contribution in [3.63, 3.8) is 0 Å². The topological polar surface area (TPSA) is 114 Å². The Bertz CT molecular complexity index is 973. The predicted molar refractivity (Wildman–Crippen MR) is 109 cm³/mol. The van der Waals surface area contributed by atoms with Crippen molar-refractivity contribution in [1.82, 2.24) is 4.31 Å². The van der Waals surface area contributed by atoms with Crippen LogP contribution in [0.25, 0.3) is 0 Å². The molecule has 1 aliphatic heterocycles. The molecule has 0 aromatic heterocycles. The highest BCUT2D eigenvalue weighted by atomic mass is 32.2. The van der Waals surface area contributed by atoms with E-state index in [9.17, 15) is 18.5 Å². The summed E-state index contributed by atoms with van der Waals surface area (Å²) in [6.45, 7) is 1.41. The van der Waals surface area contributed by atoms with Crippen LogP contribution in [0.4, 0.5) is 17.1 Å². The molecule has 148 valence electrons. The van der Waals surface area contributed by atoms with Crippen LogP contribution in [0.15, 0.2) is 53.4 Å². The molecule has 28 heavy (non-hydrogen) atoms. The van der Waals surface area contributed by atoms with Gasteiger partial charge >= 0.3 is 0 Å². The van der Waals surface area contributed by atoms with Crippen molar-refractivity contribution < 1.29 is 18.1 Å². The van der Waals surface area contributed by atoms with Gasteiger partial charge in [-0.15, -0.1) is 0 Å². The first-order valence-electron chi connectivity index (χ1n) is 8.37. The lowest BCUT2D eigenvalue weighted by Gasteiger charge is -2.26. The van der Waals surface area contributed by atoms with E-state index in [2.05, 4.69) is 10.6 Å². The van der Waals surface area contributed by atoms with Crippen molar-refractivity contribution in [2.24, 2.45) is 0 Å². The zero-order valence-electron chi connectivity index (χ0n) is 14.7. The second-order valence-electron chi connectivity index (χ2n) is 5.89. The molecule has 1 aliphatic rings. The van der Waals surface area contributed by atoms with E-state index >= 15 is 0 Å². The van der Waals surface area contributed by atoms with Crippen LogP contribution >= 0.6 is 12.2 Å². The van der Waals surface area contributed by atoms with Gasteiger partial charge in [-0.25, -0.2) is 8.42 Å². The van der Waals surface area contributed by atoms with Gasteiger partial charge in [0, 0.05) is 24.8 Å². The van der Waals surface area contributed by atoms with Crippen molar-refractivity contribution in [1.29, 1.82) is 0 Å². The maximum Gasteiger partial charge on any atom is 0.292 e. The Morgan fingerprint density at radius 2 is 1.71 bits per heavy atom. The lowest BCUT2D eigenvalue weighted by atomic mass is 10.3. The fourth-order valence-electron chi connectivity index (χ4n) is 2.67. The fourth-order valence-corrected chi connectivity index (χ4v) is 4.31. The highest BCUT2D eigenvalue weighted by Crippen LogP contribution is 2.24. The molecule has 2 aromatic rings. The number of nitro groups is 1. The zero-order chi connectivity index (χ0) is 20.1. The molecule has 0 aliphatic carbocycles. The van der Waals surface area contributed by atoms with Crippen molar-refractivity contribution in [2.45, 2.75) is 4.90 Å². The largest absolute Gasteiger partial charge is 0.379 e. The minimum absolute atomic E-state index is 0.0985. The summed E-state index contributed by atoms with van der Waals surface area (Å²) < 4.78 is 31.8. The zero-order valence-corrected chi connectivity index (χ0v) is 16.3. The monoisotopic (exact) mass is 422 g/mol. The van der Waals surface area contributed by atoms with Gasteiger partial charge in [0.15, 0.2) is 5.11 Å². The number of benzene rings is 2. The highest BCUT2D eigenvalue weighted by Gasteiger charge is 2.26. The van der Waals surface area contributed by atoms with E-state index in [1.54, 1.807) is 30.3 Å². The van der Waals surface area contributed by atoms with E-state index in [-0.39, 0.29) is 21.4 Å². The second kappa shape index (κ2) is 8.61. The van der Waals surface area contributed by atoms with Gasteiger partial charge in [-0.1, -0.05) is 12.1 Å². The summed E-state index contributed by atoms with van der Waals surface area (Å²) in [6, 6.07) is 12.3. The molecule has 0 bridgehead atoms. The Labute approximate surface area is 167 Å². The van der Waals surface area contributed by atoms with Crippen molar-refractivity contribution >= 4 is 44.4 Å². The summed E-state index contributed by atoms with van der Waals surface area (Å²) in [6.07, 6.45) is 0. The summed E-state index contributed by atoms with van der Waals surface area (Å²) in [5, 5.41) is 16.9. The van der Waals surface area contributed by atoms with Gasteiger partial charge < -0.3 is 15.4 Å². The molecule has 0 amide bonds. The van der Waals surface area contributed by atoms with E-state index in [4.69, 9.17) is 17.0 Å². The maximum absolute atomic E-state index is 12.6. The fraction of sp³-hybridized carbons (Fsp3) is 0.235. The van der Waals surface area contributed by atoms with Gasteiger partial charge in [0.1, 0.15) is 5.69 Å². The highest BCUT2D eigenvalue weighted by molar-refractivity contribution is 7.89. The van der Waals surface area contributed by atoms with Crippen LogP contribution in [0.2, 0.25) is 0 Å². The third-order valence-corrected chi connectivity index (χ3v) is 6.19. The van der Waals surface area contributed by atoms with Gasteiger partial charge in [0.25, 0.3) is 5.69 Å². The average molecular weight is 422 g/mol. The van der Waals surface area contributed by atoms with Gasteiger partial charge in [-0.3, -0.25) is 10.1 Å². The lowest BCUT2D eigenvalue weighted by molar-refractivity contribution is -0.383. The Hall–Kier alpha value is -2.60. The molecular formula is C17H18N4O5S2. The van der Waals surface area contributed by atoms with Crippen LogP contribution in [0.3, 0.4) is 0 Å². The first kappa shape index (κ1) is 20.1. The van der Waals surface area contributed by atoms with Gasteiger partial charge in [-0.05, 0) is 42.5 Å². The van der Waals surface area contributed by atoms with Gasteiger partial charge in [-0.2, -0.15) is 4.31 Å². The Balaban J connectivity index is 1.67. The molecule has 1 fully saturated rings. The van der Waals surface area contributed by atoms with E-state index in [0.717, 1.165) is 0 Å². The third-order valence-electron chi connectivity index (χ3n) is 4.07. The number of sulfonamides is 1. The summed E-state index contributed by atoms with van der Waals surface area (Å²) >= 11 is 5.19. The summed E-state index contributed by atoms with van der Waals surface area (Å²) in [5.41, 5.74) is 0.715. The van der Waals surface area contributed by atoms with Crippen molar-refractivity contribution in [3.8, 4) is 0 Å². The van der Waals surface area contributed by atoms with Crippen LogP contribution < -0.4 is 10.6 Å². The number of nitrogens with one attached hydrogen (secondary N) is 2. The molecule has 9 nitrogen and oxygen atoms in total. The van der Waals surface area contributed by atoms with Crippen LogP contribution in [-0.2, 0) is 14.8 Å². The number of nitrogens with zero attached hydrogens (tertiary/aromatic N) is 2. The number of anilines is 2. The molecule has 1 saturated heterocycles.